The third-order valence-electron chi connectivity index (χ3n) is 3.13. The molecular formula is C12H17F3N4O. The summed E-state index contributed by atoms with van der Waals surface area (Å²) >= 11 is 0. The number of hydrogen-bond donors (Lipinski definition) is 0. The number of methoxy groups -OCH3 is 1. The summed E-state index contributed by atoms with van der Waals surface area (Å²) in [6, 6.07) is 2.09. The van der Waals surface area contributed by atoms with Crippen LogP contribution >= 0.6 is 0 Å². The average Bonchev–Trinajstić information content (AvgIpc) is 2.40. The van der Waals surface area contributed by atoms with Crippen molar-refractivity contribution in [1.29, 1.82) is 0 Å². The first-order valence-corrected chi connectivity index (χ1v) is 6.33. The van der Waals surface area contributed by atoms with Gasteiger partial charge >= 0.3 is 12.2 Å². The van der Waals surface area contributed by atoms with Crippen molar-refractivity contribution in [2.75, 3.05) is 39.8 Å². The summed E-state index contributed by atoms with van der Waals surface area (Å²) in [5.41, 5.74) is 0.807. The van der Waals surface area contributed by atoms with Crippen molar-refractivity contribution in [2.45, 2.75) is 12.7 Å². The predicted molar refractivity (Wildman–Crippen MR) is 66.4 cm³/mol. The number of piperazine rings is 1. The Morgan fingerprint density at radius 1 is 1.20 bits per heavy atom. The summed E-state index contributed by atoms with van der Waals surface area (Å²) in [6.07, 6.45) is -2.51. The highest BCUT2D eigenvalue weighted by Gasteiger charge is 2.32. The molecule has 0 aromatic carbocycles. The molecular weight excluding hydrogens is 273 g/mol. The molecule has 0 unspecified atom stereocenters. The lowest BCUT2D eigenvalue weighted by Crippen LogP contribution is -2.48. The lowest BCUT2D eigenvalue weighted by atomic mass is 10.3. The maximum atomic E-state index is 12.3. The van der Waals surface area contributed by atoms with E-state index in [1.807, 2.05) is 0 Å². The highest BCUT2D eigenvalue weighted by Crippen LogP contribution is 2.18. The molecule has 0 radical (unpaired) electrons. The molecule has 112 valence electrons. The first kappa shape index (κ1) is 15.0. The molecule has 0 saturated carbocycles. The largest absolute Gasteiger partial charge is 0.467 e. The minimum atomic E-state index is -4.12. The Morgan fingerprint density at radius 3 is 2.45 bits per heavy atom. The van der Waals surface area contributed by atoms with E-state index in [9.17, 15) is 13.2 Å². The van der Waals surface area contributed by atoms with Gasteiger partial charge in [-0.25, -0.2) is 4.98 Å². The average molecular weight is 290 g/mol. The number of halogens is 3. The summed E-state index contributed by atoms with van der Waals surface area (Å²) in [5, 5.41) is 0. The Kier molecular flexibility index (Phi) is 4.77. The number of aromatic nitrogens is 2. The molecule has 1 fully saturated rings. The van der Waals surface area contributed by atoms with Gasteiger partial charge in [0, 0.05) is 38.9 Å². The van der Waals surface area contributed by atoms with Crippen molar-refractivity contribution < 1.29 is 17.9 Å². The molecule has 20 heavy (non-hydrogen) atoms. The fourth-order valence-electron chi connectivity index (χ4n) is 2.15. The number of ether oxygens (including phenoxy) is 1. The molecule has 0 N–H and O–H groups in total. The van der Waals surface area contributed by atoms with Gasteiger partial charge in [0.1, 0.15) is 0 Å². The fourth-order valence-corrected chi connectivity index (χ4v) is 2.15. The van der Waals surface area contributed by atoms with Gasteiger partial charge in [0.15, 0.2) is 0 Å². The van der Waals surface area contributed by atoms with Crippen LogP contribution in [-0.4, -0.2) is 65.8 Å². The Bertz CT molecular complexity index is 433. The molecule has 0 atom stereocenters. The maximum Gasteiger partial charge on any atom is 0.401 e. The zero-order chi connectivity index (χ0) is 14.6. The minimum absolute atomic E-state index is 0.304. The van der Waals surface area contributed by atoms with E-state index in [-0.39, 0.29) is 0 Å². The third kappa shape index (κ3) is 4.61. The minimum Gasteiger partial charge on any atom is -0.467 e. The molecule has 2 rings (SSSR count). The van der Waals surface area contributed by atoms with E-state index in [0.717, 1.165) is 5.69 Å². The maximum absolute atomic E-state index is 12.3. The Hall–Kier alpha value is -1.41. The normalized spacial score (nSPS) is 18.2. The van der Waals surface area contributed by atoms with Crippen LogP contribution in [0.15, 0.2) is 12.3 Å². The van der Waals surface area contributed by atoms with E-state index in [1.165, 1.54) is 12.0 Å². The quantitative estimate of drug-likeness (QED) is 0.832. The van der Waals surface area contributed by atoms with Gasteiger partial charge in [0.05, 0.1) is 19.3 Å². The molecule has 2 heterocycles. The standard InChI is InChI=1S/C12H17F3N4O/c1-20-11-16-3-2-10(17-11)8-18-4-6-19(7-5-18)9-12(13,14)15/h2-3H,4-9H2,1H3. The van der Waals surface area contributed by atoms with Crippen molar-refractivity contribution in [3.8, 4) is 6.01 Å². The first-order chi connectivity index (χ1) is 9.46. The van der Waals surface area contributed by atoms with Crippen LogP contribution in [0.1, 0.15) is 5.69 Å². The Morgan fingerprint density at radius 2 is 1.85 bits per heavy atom. The van der Waals surface area contributed by atoms with Crippen LogP contribution in [0.5, 0.6) is 6.01 Å². The van der Waals surface area contributed by atoms with Gasteiger partial charge in [0.25, 0.3) is 0 Å². The summed E-state index contributed by atoms with van der Waals surface area (Å²) < 4.78 is 41.8. The fraction of sp³-hybridized carbons (Fsp3) is 0.667. The lowest BCUT2D eigenvalue weighted by Gasteiger charge is -2.34. The second-order valence-electron chi connectivity index (χ2n) is 4.70. The van der Waals surface area contributed by atoms with Gasteiger partial charge in [-0.1, -0.05) is 0 Å². The molecule has 1 aromatic rings. The molecule has 0 amide bonds. The number of hydrogen-bond acceptors (Lipinski definition) is 5. The Labute approximate surface area is 115 Å². The van der Waals surface area contributed by atoms with Crippen molar-refractivity contribution in [1.82, 2.24) is 19.8 Å². The van der Waals surface area contributed by atoms with Crippen LogP contribution in [-0.2, 0) is 6.54 Å². The second-order valence-corrected chi connectivity index (χ2v) is 4.70. The van der Waals surface area contributed by atoms with Crippen molar-refractivity contribution in [3.05, 3.63) is 18.0 Å². The highest BCUT2D eigenvalue weighted by molar-refractivity contribution is 5.05. The first-order valence-electron chi connectivity index (χ1n) is 6.33. The van der Waals surface area contributed by atoms with E-state index in [1.54, 1.807) is 12.3 Å². The van der Waals surface area contributed by atoms with Gasteiger partial charge in [-0.3, -0.25) is 9.80 Å². The lowest BCUT2D eigenvalue weighted by molar-refractivity contribution is -0.149. The predicted octanol–water partition coefficient (Wildman–Crippen LogP) is 1.17. The van der Waals surface area contributed by atoms with E-state index < -0.39 is 12.7 Å². The smallest absolute Gasteiger partial charge is 0.401 e. The summed E-state index contributed by atoms with van der Waals surface area (Å²) in [6.45, 7) is 1.80. The molecule has 8 heteroatoms. The molecule has 0 aliphatic carbocycles. The Balaban J connectivity index is 1.82. The molecule has 0 bridgehead atoms. The molecule has 0 spiro atoms. The zero-order valence-electron chi connectivity index (χ0n) is 11.2. The number of alkyl halides is 3. The third-order valence-corrected chi connectivity index (χ3v) is 3.13. The topological polar surface area (TPSA) is 41.5 Å². The molecule has 1 aromatic heterocycles. The highest BCUT2D eigenvalue weighted by atomic mass is 19.4. The summed E-state index contributed by atoms with van der Waals surface area (Å²) in [7, 11) is 1.50. The van der Waals surface area contributed by atoms with E-state index in [2.05, 4.69) is 14.9 Å². The molecule has 1 saturated heterocycles. The second kappa shape index (κ2) is 6.36. The zero-order valence-corrected chi connectivity index (χ0v) is 11.2. The van der Waals surface area contributed by atoms with Gasteiger partial charge in [0.2, 0.25) is 0 Å². The molecule has 1 aliphatic heterocycles. The monoisotopic (exact) mass is 290 g/mol. The van der Waals surface area contributed by atoms with E-state index in [0.29, 0.717) is 38.7 Å². The van der Waals surface area contributed by atoms with Crippen molar-refractivity contribution in [3.63, 3.8) is 0 Å². The van der Waals surface area contributed by atoms with Gasteiger partial charge in [-0.15, -0.1) is 0 Å². The SMILES string of the molecule is COc1nccc(CN2CCN(CC(F)(F)F)CC2)n1. The van der Waals surface area contributed by atoms with Crippen LogP contribution in [0.25, 0.3) is 0 Å². The van der Waals surface area contributed by atoms with Gasteiger partial charge < -0.3 is 4.74 Å². The summed E-state index contributed by atoms with van der Waals surface area (Å²) in [4.78, 5) is 11.6. The van der Waals surface area contributed by atoms with Gasteiger partial charge in [-0.2, -0.15) is 18.2 Å². The number of nitrogens with zero attached hydrogens (tertiary/aromatic N) is 4. The van der Waals surface area contributed by atoms with Crippen LogP contribution < -0.4 is 4.74 Å². The van der Waals surface area contributed by atoms with Gasteiger partial charge in [-0.05, 0) is 6.07 Å². The van der Waals surface area contributed by atoms with E-state index in [4.69, 9.17) is 4.74 Å². The van der Waals surface area contributed by atoms with Crippen molar-refractivity contribution in [2.24, 2.45) is 0 Å². The van der Waals surface area contributed by atoms with Crippen LogP contribution in [0, 0.1) is 0 Å². The molecule has 5 nitrogen and oxygen atoms in total. The van der Waals surface area contributed by atoms with Crippen LogP contribution in [0.3, 0.4) is 0 Å². The molecule has 1 aliphatic rings. The van der Waals surface area contributed by atoms with Crippen LogP contribution in [0.4, 0.5) is 13.2 Å². The van der Waals surface area contributed by atoms with Crippen molar-refractivity contribution >= 4 is 0 Å². The van der Waals surface area contributed by atoms with E-state index >= 15 is 0 Å². The number of rotatable bonds is 4. The van der Waals surface area contributed by atoms with Crippen LogP contribution in [0.2, 0.25) is 0 Å². The summed E-state index contributed by atoms with van der Waals surface area (Å²) in [5.74, 6) is 0.